The van der Waals surface area contributed by atoms with E-state index in [2.05, 4.69) is 0 Å². The highest BCUT2D eigenvalue weighted by Gasteiger charge is 2.32. The maximum absolute atomic E-state index is 13.4. The Morgan fingerprint density at radius 1 is 0.654 bits per heavy atom. The van der Waals surface area contributed by atoms with Gasteiger partial charge in [0, 0.05) is 11.1 Å². The van der Waals surface area contributed by atoms with Crippen molar-refractivity contribution in [3.8, 4) is 0 Å². The lowest BCUT2D eigenvalue weighted by Crippen LogP contribution is -2.21. The van der Waals surface area contributed by atoms with Gasteiger partial charge in [-0.05, 0) is 37.2 Å². The van der Waals surface area contributed by atoms with Crippen molar-refractivity contribution in [3.05, 3.63) is 101 Å². The summed E-state index contributed by atoms with van der Waals surface area (Å²) in [5.74, 6) is 0. The second kappa shape index (κ2) is 7.76. The molecule has 0 spiro atoms. The number of rotatable bonds is 5. The van der Waals surface area contributed by atoms with E-state index in [0.717, 1.165) is 22.0 Å². The molecule has 0 bridgehead atoms. The van der Waals surface area contributed by atoms with Gasteiger partial charge in [-0.1, -0.05) is 78.4 Å². The third kappa shape index (κ3) is 3.66. The molecule has 3 aromatic rings. The van der Waals surface area contributed by atoms with Crippen LogP contribution in [0, 0.1) is 20.8 Å². The van der Waals surface area contributed by atoms with Crippen molar-refractivity contribution in [1.29, 1.82) is 0 Å². The molecule has 0 saturated heterocycles. The van der Waals surface area contributed by atoms with Crippen molar-refractivity contribution in [1.82, 2.24) is 0 Å². The Morgan fingerprint density at radius 3 is 1.42 bits per heavy atom. The first-order valence-corrected chi connectivity index (χ1v) is 9.90. The fourth-order valence-electron chi connectivity index (χ4n) is 3.24. The van der Waals surface area contributed by atoms with Crippen LogP contribution in [0.4, 0.5) is 0 Å². The topological polar surface area (TPSA) is 34.1 Å². The Morgan fingerprint density at radius 2 is 1.04 bits per heavy atom. The van der Waals surface area contributed by atoms with Crippen LogP contribution in [-0.2, 0) is 0 Å². The predicted octanol–water partition coefficient (Wildman–Crippen LogP) is 5.40. The van der Waals surface area contributed by atoms with Crippen LogP contribution in [0.5, 0.6) is 0 Å². The molecule has 3 rings (SSSR count). The molecular formula is C23H21O2P. The first kappa shape index (κ1) is 18.2. The van der Waals surface area contributed by atoms with E-state index >= 15 is 0 Å². The van der Waals surface area contributed by atoms with E-state index < -0.39 is 7.92 Å². The summed E-state index contributed by atoms with van der Waals surface area (Å²) in [5.41, 5.74) is 4.13. The summed E-state index contributed by atoms with van der Waals surface area (Å²) in [6.45, 7) is 6.01. The molecule has 130 valence electrons. The molecule has 0 atom stereocenters. The summed E-state index contributed by atoms with van der Waals surface area (Å²) in [4.78, 5) is 26.7. The number of benzene rings is 3. The molecule has 0 unspecified atom stereocenters. The van der Waals surface area contributed by atoms with Crippen LogP contribution in [-0.4, -0.2) is 11.0 Å². The fourth-order valence-corrected chi connectivity index (χ4v) is 5.48. The Bertz CT molecular complexity index is 872. The van der Waals surface area contributed by atoms with Gasteiger partial charge >= 0.3 is 0 Å². The molecule has 0 aliphatic carbocycles. The van der Waals surface area contributed by atoms with Crippen LogP contribution in [0.25, 0.3) is 0 Å². The van der Waals surface area contributed by atoms with Crippen LogP contribution in [0.15, 0.2) is 72.8 Å². The van der Waals surface area contributed by atoms with Gasteiger partial charge in [0.15, 0.2) is 11.0 Å². The molecule has 0 N–H and O–H groups in total. The molecule has 3 heteroatoms. The molecule has 0 amide bonds. The zero-order valence-electron chi connectivity index (χ0n) is 15.2. The molecular weight excluding hydrogens is 339 g/mol. The van der Waals surface area contributed by atoms with Crippen molar-refractivity contribution in [3.63, 3.8) is 0 Å². The normalized spacial score (nSPS) is 10.8. The molecule has 0 aliphatic rings. The van der Waals surface area contributed by atoms with Gasteiger partial charge < -0.3 is 0 Å². The van der Waals surface area contributed by atoms with Crippen LogP contribution in [0.1, 0.15) is 37.4 Å². The third-order valence-corrected chi connectivity index (χ3v) is 6.79. The molecule has 26 heavy (non-hydrogen) atoms. The zero-order valence-corrected chi connectivity index (χ0v) is 16.1. The monoisotopic (exact) mass is 360 g/mol. The highest BCUT2D eigenvalue weighted by atomic mass is 31.1. The summed E-state index contributed by atoms with van der Waals surface area (Å²) in [7, 11) is -1.66. The van der Waals surface area contributed by atoms with Crippen molar-refractivity contribution < 1.29 is 9.59 Å². The van der Waals surface area contributed by atoms with Crippen molar-refractivity contribution in [2.24, 2.45) is 0 Å². The van der Waals surface area contributed by atoms with Gasteiger partial charge in [0.05, 0.1) is 7.92 Å². The summed E-state index contributed by atoms with van der Waals surface area (Å²) in [5, 5.41) is 0.883. The van der Waals surface area contributed by atoms with E-state index in [1.165, 1.54) is 0 Å². The standard InChI is InChI=1S/C23H21O2P/c1-16-14-17(2)21(18(3)15-16)26(22(24)19-10-6-4-7-11-19)23(25)20-12-8-5-9-13-20/h4-15H,1-3H3. The third-order valence-electron chi connectivity index (χ3n) is 4.31. The number of hydrogen-bond acceptors (Lipinski definition) is 2. The van der Waals surface area contributed by atoms with E-state index in [1.54, 1.807) is 24.3 Å². The van der Waals surface area contributed by atoms with Gasteiger partial charge in [-0.2, -0.15) is 0 Å². The molecule has 0 aliphatic heterocycles. The number of aryl methyl sites for hydroxylation is 3. The fraction of sp³-hybridized carbons (Fsp3) is 0.130. The maximum Gasteiger partial charge on any atom is 0.196 e. The molecule has 0 heterocycles. The SMILES string of the molecule is Cc1cc(C)c(P(C(=O)c2ccccc2)C(=O)c2ccccc2)c(C)c1. The lowest BCUT2D eigenvalue weighted by atomic mass is 10.1. The van der Waals surface area contributed by atoms with Crippen LogP contribution in [0.2, 0.25) is 0 Å². The minimum absolute atomic E-state index is 0.0930. The second-order valence-electron chi connectivity index (χ2n) is 6.43. The van der Waals surface area contributed by atoms with Gasteiger partial charge in [-0.15, -0.1) is 0 Å². The van der Waals surface area contributed by atoms with Crippen LogP contribution in [0.3, 0.4) is 0 Å². The lowest BCUT2D eigenvalue weighted by molar-refractivity contribution is 0.105. The van der Waals surface area contributed by atoms with Crippen molar-refractivity contribution in [2.45, 2.75) is 20.8 Å². The van der Waals surface area contributed by atoms with E-state index in [1.807, 2.05) is 69.3 Å². The van der Waals surface area contributed by atoms with Crippen molar-refractivity contribution >= 4 is 24.3 Å². The van der Waals surface area contributed by atoms with Gasteiger partial charge in [0.1, 0.15) is 0 Å². The van der Waals surface area contributed by atoms with Gasteiger partial charge in [-0.25, -0.2) is 0 Å². The van der Waals surface area contributed by atoms with Gasteiger partial charge in [0.25, 0.3) is 0 Å². The quantitative estimate of drug-likeness (QED) is 0.571. The number of hydrogen-bond donors (Lipinski definition) is 0. The Hall–Kier alpha value is -2.57. The molecule has 3 aromatic carbocycles. The van der Waals surface area contributed by atoms with Gasteiger partial charge in [-0.3, -0.25) is 9.59 Å². The van der Waals surface area contributed by atoms with Crippen molar-refractivity contribution in [2.75, 3.05) is 0 Å². The summed E-state index contributed by atoms with van der Waals surface area (Å²) in [6, 6.07) is 22.3. The minimum atomic E-state index is -1.66. The Balaban J connectivity index is 2.17. The largest absolute Gasteiger partial charge is 0.288 e. The van der Waals surface area contributed by atoms with E-state index in [-0.39, 0.29) is 11.0 Å². The molecule has 2 nitrogen and oxygen atoms in total. The molecule has 0 saturated carbocycles. The Labute approximate surface area is 155 Å². The van der Waals surface area contributed by atoms with Crippen LogP contribution < -0.4 is 5.30 Å². The highest BCUT2D eigenvalue weighted by Crippen LogP contribution is 2.44. The minimum Gasteiger partial charge on any atom is -0.288 e. The molecule has 0 fully saturated rings. The maximum atomic E-state index is 13.4. The predicted molar refractivity (Wildman–Crippen MR) is 109 cm³/mol. The molecule has 0 radical (unpaired) electrons. The average Bonchev–Trinajstić information content (AvgIpc) is 2.65. The number of carbonyl (C=O) groups is 2. The zero-order chi connectivity index (χ0) is 18.7. The second-order valence-corrected chi connectivity index (χ2v) is 8.36. The Kier molecular flexibility index (Phi) is 5.44. The van der Waals surface area contributed by atoms with Gasteiger partial charge in [0.2, 0.25) is 0 Å². The lowest BCUT2D eigenvalue weighted by Gasteiger charge is -2.20. The highest BCUT2D eigenvalue weighted by molar-refractivity contribution is 7.96. The first-order valence-electron chi connectivity index (χ1n) is 8.56. The smallest absolute Gasteiger partial charge is 0.196 e. The van der Waals surface area contributed by atoms with Crippen LogP contribution >= 0.6 is 7.92 Å². The average molecular weight is 360 g/mol. The number of carbonyl (C=O) groups excluding carboxylic acids is 2. The summed E-state index contributed by atoms with van der Waals surface area (Å²) in [6.07, 6.45) is 0. The van der Waals surface area contributed by atoms with E-state index in [0.29, 0.717) is 11.1 Å². The molecule has 0 aromatic heterocycles. The first-order chi connectivity index (χ1) is 12.5. The van der Waals surface area contributed by atoms with E-state index in [9.17, 15) is 9.59 Å². The summed E-state index contributed by atoms with van der Waals surface area (Å²) >= 11 is 0. The van der Waals surface area contributed by atoms with E-state index in [4.69, 9.17) is 0 Å². The summed E-state index contributed by atoms with van der Waals surface area (Å²) < 4.78 is 0.